The third kappa shape index (κ3) is 2.70. The van der Waals surface area contributed by atoms with E-state index in [-0.39, 0.29) is 36.2 Å². The van der Waals surface area contributed by atoms with Gasteiger partial charge in [-0.25, -0.2) is 0 Å². The maximum Gasteiger partial charge on any atom is 0.229 e. The SMILES string of the molecule is CC(=O)N1CCc2cc(NC(=O)C3C4CCC(C4)C3N)ccc21.Cl. The molecule has 0 radical (unpaired) electrons. The zero-order valence-electron chi connectivity index (χ0n) is 13.8. The highest BCUT2D eigenvalue weighted by atomic mass is 35.5. The quantitative estimate of drug-likeness (QED) is 0.860. The molecule has 1 heterocycles. The molecule has 5 nitrogen and oxygen atoms in total. The Morgan fingerprint density at radius 1 is 1.25 bits per heavy atom. The molecule has 2 amide bonds. The van der Waals surface area contributed by atoms with E-state index in [0.717, 1.165) is 42.7 Å². The van der Waals surface area contributed by atoms with E-state index in [4.69, 9.17) is 5.73 Å². The first kappa shape index (κ1) is 17.2. The third-order valence-corrected chi connectivity index (χ3v) is 5.91. The molecule has 3 N–H and O–H groups in total. The fraction of sp³-hybridized carbons (Fsp3) is 0.556. The number of rotatable bonds is 2. The monoisotopic (exact) mass is 349 g/mol. The number of hydrogen-bond donors (Lipinski definition) is 2. The number of nitrogens with two attached hydrogens (primary N) is 1. The van der Waals surface area contributed by atoms with Gasteiger partial charge in [-0.2, -0.15) is 0 Å². The van der Waals surface area contributed by atoms with Gasteiger partial charge in [0.15, 0.2) is 0 Å². The molecule has 1 aliphatic heterocycles. The van der Waals surface area contributed by atoms with E-state index in [0.29, 0.717) is 11.8 Å². The van der Waals surface area contributed by atoms with Crippen LogP contribution in [0.1, 0.15) is 31.7 Å². The van der Waals surface area contributed by atoms with Crippen LogP contribution in [0.5, 0.6) is 0 Å². The molecule has 2 saturated carbocycles. The first-order valence-electron chi connectivity index (χ1n) is 8.52. The molecular formula is C18H24ClN3O2. The Balaban J connectivity index is 0.00000169. The van der Waals surface area contributed by atoms with Crippen molar-refractivity contribution < 1.29 is 9.59 Å². The summed E-state index contributed by atoms with van der Waals surface area (Å²) in [5, 5.41) is 3.05. The van der Waals surface area contributed by atoms with Gasteiger partial charge in [-0.3, -0.25) is 9.59 Å². The van der Waals surface area contributed by atoms with Gasteiger partial charge >= 0.3 is 0 Å². The Labute approximate surface area is 148 Å². The molecule has 130 valence electrons. The standard InChI is InChI=1S/C18H23N3O2.ClH/c1-10(22)21-7-6-11-9-14(4-5-15(11)21)20-18(23)16-12-2-3-13(8-12)17(16)19;/h4-5,9,12-13,16-17H,2-3,6-8,19H2,1H3,(H,20,23);1H. The van der Waals surface area contributed by atoms with Crippen LogP contribution < -0.4 is 16.0 Å². The number of hydrogen-bond acceptors (Lipinski definition) is 3. The highest BCUT2D eigenvalue weighted by Crippen LogP contribution is 2.48. The number of carbonyl (C=O) groups excluding carboxylic acids is 2. The molecule has 4 rings (SSSR count). The molecule has 2 aliphatic carbocycles. The Kier molecular flexibility index (Phi) is 4.58. The van der Waals surface area contributed by atoms with Crippen molar-refractivity contribution in [3.8, 4) is 0 Å². The van der Waals surface area contributed by atoms with Crippen LogP contribution in [0.3, 0.4) is 0 Å². The smallest absolute Gasteiger partial charge is 0.229 e. The summed E-state index contributed by atoms with van der Waals surface area (Å²) in [5.74, 6) is 1.06. The van der Waals surface area contributed by atoms with E-state index >= 15 is 0 Å². The van der Waals surface area contributed by atoms with E-state index < -0.39 is 0 Å². The average molecular weight is 350 g/mol. The molecule has 1 aromatic rings. The van der Waals surface area contributed by atoms with Crippen LogP contribution in [0.25, 0.3) is 0 Å². The van der Waals surface area contributed by atoms with Crippen molar-refractivity contribution in [1.29, 1.82) is 0 Å². The van der Waals surface area contributed by atoms with Crippen molar-refractivity contribution in [2.24, 2.45) is 23.5 Å². The number of fused-ring (bicyclic) bond motifs is 3. The molecule has 2 fully saturated rings. The van der Waals surface area contributed by atoms with Crippen LogP contribution in [-0.4, -0.2) is 24.4 Å². The first-order valence-corrected chi connectivity index (χ1v) is 8.52. The molecule has 0 aromatic heterocycles. The predicted molar refractivity (Wildman–Crippen MR) is 96.3 cm³/mol. The summed E-state index contributed by atoms with van der Waals surface area (Å²) in [6.45, 7) is 2.31. The maximum atomic E-state index is 12.6. The number of nitrogens with one attached hydrogen (secondary N) is 1. The molecule has 0 spiro atoms. The molecule has 2 bridgehead atoms. The van der Waals surface area contributed by atoms with Crippen LogP contribution in [0.2, 0.25) is 0 Å². The Morgan fingerprint density at radius 3 is 2.67 bits per heavy atom. The van der Waals surface area contributed by atoms with E-state index in [1.165, 1.54) is 6.42 Å². The van der Waals surface area contributed by atoms with Crippen LogP contribution in [0.4, 0.5) is 11.4 Å². The maximum absolute atomic E-state index is 12.6. The van der Waals surface area contributed by atoms with E-state index in [2.05, 4.69) is 5.32 Å². The van der Waals surface area contributed by atoms with Crippen LogP contribution in [0.15, 0.2) is 18.2 Å². The summed E-state index contributed by atoms with van der Waals surface area (Å²) in [4.78, 5) is 26.0. The average Bonchev–Trinajstić information content (AvgIpc) is 3.19. The zero-order chi connectivity index (χ0) is 16.1. The predicted octanol–water partition coefficient (Wildman–Crippen LogP) is 2.33. The summed E-state index contributed by atoms with van der Waals surface area (Å²) < 4.78 is 0. The van der Waals surface area contributed by atoms with Crippen LogP contribution in [0, 0.1) is 17.8 Å². The van der Waals surface area contributed by atoms with Gasteiger partial charge in [0.05, 0.1) is 5.92 Å². The Morgan fingerprint density at radius 2 is 2.00 bits per heavy atom. The molecule has 6 heteroatoms. The van der Waals surface area contributed by atoms with Gasteiger partial charge in [-0.15, -0.1) is 12.4 Å². The normalized spacial score (nSPS) is 30.0. The largest absolute Gasteiger partial charge is 0.327 e. The van der Waals surface area contributed by atoms with Gasteiger partial charge in [0.2, 0.25) is 11.8 Å². The molecule has 0 saturated heterocycles. The summed E-state index contributed by atoms with van der Waals surface area (Å²) in [6, 6.07) is 5.82. The lowest BCUT2D eigenvalue weighted by Crippen LogP contribution is -2.42. The topological polar surface area (TPSA) is 75.4 Å². The first-order chi connectivity index (χ1) is 11.0. The van der Waals surface area contributed by atoms with Gasteiger partial charge in [0.25, 0.3) is 0 Å². The number of carbonyl (C=O) groups is 2. The number of anilines is 2. The summed E-state index contributed by atoms with van der Waals surface area (Å²) in [6.07, 6.45) is 4.26. The second-order valence-corrected chi connectivity index (χ2v) is 7.19. The van der Waals surface area contributed by atoms with Gasteiger partial charge in [0, 0.05) is 30.9 Å². The van der Waals surface area contributed by atoms with E-state index in [9.17, 15) is 9.59 Å². The molecule has 4 atom stereocenters. The van der Waals surface area contributed by atoms with Gasteiger partial charge in [-0.1, -0.05) is 0 Å². The Bertz CT molecular complexity index is 676. The number of benzene rings is 1. The lowest BCUT2D eigenvalue weighted by Gasteiger charge is -2.27. The van der Waals surface area contributed by atoms with Crippen molar-refractivity contribution in [3.63, 3.8) is 0 Å². The van der Waals surface area contributed by atoms with Crippen molar-refractivity contribution in [2.75, 3.05) is 16.8 Å². The highest BCUT2D eigenvalue weighted by Gasteiger charge is 2.49. The van der Waals surface area contributed by atoms with Crippen LogP contribution in [-0.2, 0) is 16.0 Å². The lowest BCUT2D eigenvalue weighted by molar-refractivity contribution is -0.121. The molecular weight excluding hydrogens is 326 g/mol. The number of halogens is 1. The summed E-state index contributed by atoms with van der Waals surface area (Å²) in [7, 11) is 0. The van der Waals surface area contributed by atoms with Crippen molar-refractivity contribution in [3.05, 3.63) is 23.8 Å². The van der Waals surface area contributed by atoms with Crippen molar-refractivity contribution in [1.82, 2.24) is 0 Å². The second-order valence-electron chi connectivity index (χ2n) is 7.19. The van der Waals surface area contributed by atoms with E-state index in [1.807, 2.05) is 18.2 Å². The fourth-order valence-electron chi connectivity index (χ4n) is 4.76. The Hall–Kier alpha value is -1.59. The minimum absolute atomic E-state index is 0. The minimum Gasteiger partial charge on any atom is -0.327 e. The van der Waals surface area contributed by atoms with Crippen molar-refractivity contribution >= 4 is 35.6 Å². The number of amides is 2. The van der Waals surface area contributed by atoms with E-state index in [1.54, 1.807) is 11.8 Å². The molecule has 24 heavy (non-hydrogen) atoms. The fourth-order valence-corrected chi connectivity index (χ4v) is 4.76. The minimum atomic E-state index is -0.0456. The molecule has 3 aliphatic rings. The molecule has 1 aromatic carbocycles. The summed E-state index contributed by atoms with van der Waals surface area (Å²) in [5.41, 5.74) is 9.15. The van der Waals surface area contributed by atoms with Gasteiger partial charge < -0.3 is 16.0 Å². The second kappa shape index (κ2) is 6.37. The van der Waals surface area contributed by atoms with Crippen LogP contribution >= 0.6 is 12.4 Å². The zero-order valence-corrected chi connectivity index (χ0v) is 14.6. The number of nitrogens with zero attached hydrogens (tertiary/aromatic N) is 1. The van der Waals surface area contributed by atoms with Crippen molar-refractivity contribution in [2.45, 2.75) is 38.6 Å². The third-order valence-electron chi connectivity index (χ3n) is 5.91. The summed E-state index contributed by atoms with van der Waals surface area (Å²) >= 11 is 0. The van der Waals surface area contributed by atoms with Gasteiger partial charge in [-0.05, 0) is 61.3 Å². The molecule has 4 unspecified atom stereocenters. The highest BCUT2D eigenvalue weighted by molar-refractivity contribution is 5.96. The van der Waals surface area contributed by atoms with Gasteiger partial charge in [0.1, 0.15) is 0 Å². The lowest BCUT2D eigenvalue weighted by atomic mass is 9.84.